The maximum absolute atomic E-state index is 8.96. The molecule has 0 heterocycles. The molecule has 0 saturated heterocycles. The Balaban J connectivity index is 2.11. The maximum Gasteiger partial charge on any atom is 0.0700 e. The summed E-state index contributed by atoms with van der Waals surface area (Å²) >= 11 is 0. The number of nitrogens with zero attached hydrogens (tertiary/aromatic N) is 1. The van der Waals surface area contributed by atoms with Gasteiger partial charge in [-0.15, -0.1) is 0 Å². The second-order valence-corrected chi connectivity index (χ2v) is 4.60. The van der Waals surface area contributed by atoms with Crippen molar-refractivity contribution in [2.45, 2.75) is 19.3 Å². The first kappa shape index (κ1) is 10.1. The highest BCUT2D eigenvalue weighted by Crippen LogP contribution is 2.37. The van der Waals surface area contributed by atoms with E-state index in [9.17, 15) is 0 Å². The Morgan fingerprint density at radius 2 is 1.82 bits per heavy atom. The summed E-state index contributed by atoms with van der Waals surface area (Å²) in [6.07, 6.45) is 0.998. The summed E-state index contributed by atoms with van der Waals surface area (Å²) in [6, 6.07) is 17.2. The van der Waals surface area contributed by atoms with Crippen LogP contribution < -0.4 is 0 Å². The van der Waals surface area contributed by atoms with Crippen LogP contribution in [0.15, 0.2) is 42.5 Å². The van der Waals surface area contributed by atoms with Crippen LogP contribution in [-0.4, -0.2) is 0 Å². The number of benzene rings is 2. The third-order valence-electron chi connectivity index (χ3n) is 3.51. The van der Waals surface area contributed by atoms with Gasteiger partial charge in [0.1, 0.15) is 0 Å². The molecule has 82 valence electrons. The zero-order valence-electron chi connectivity index (χ0n) is 9.77. The molecule has 2 aromatic carbocycles. The predicted octanol–water partition coefficient (Wildman–Crippen LogP) is 3.88. The summed E-state index contributed by atoms with van der Waals surface area (Å²) in [7, 11) is 0. The molecule has 1 aliphatic carbocycles. The van der Waals surface area contributed by atoms with Crippen molar-refractivity contribution in [3.05, 3.63) is 59.2 Å². The van der Waals surface area contributed by atoms with Crippen molar-refractivity contribution in [3.63, 3.8) is 0 Å². The minimum Gasteiger partial charge on any atom is -0.198 e. The summed E-state index contributed by atoms with van der Waals surface area (Å²) < 4.78 is 0. The Hall–Kier alpha value is -2.07. The van der Waals surface area contributed by atoms with E-state index in [4.69, 9.17) is 5.26 Å². The number of fused-ring (bicyclic) bond motifs is 3. The Morgan fingerprint density at radius 3 is 2.65 bits per heavy atom. The van der Waals surface area contributed by atoms with Gasteiger partial charge in [0.2, 0.25) is 0 Å². The van der Waals surface area contributed by atoms with E-state index in [-0.39, 0.29) is 5.92 Å². The van der Waals surface area contributed by atoms with Crippen LogP contribution in [0.2, 0.25) is 0 Å². The molecule has 0 fully saturated rings. The summed E-state index contributed by atoms with van der Waals surface area (Å²) in [5, 5.41) is 8.96. The number of rotatable bonds is 1. The molecule has 1 nitrogen and oxygen atoms in total. The molecule has 0 bridgehead atoms. The lowest BCUT2D eigenvalue weighted by atomic mass is 9.97. The van der Waals surface area contributed by atoms with Crippen LogP contribution in [-0.2, 0) is 6.42 Å². The molecule has 0 N–H and O–H groups in total. The Bertz CT molecular complexity index is 620. The van der Waals surface area contributed by atoms with Gasteiger partial charge in [0.25, 0.3) is 0 Å². The third-order valence-corrected chi connectivity index (χ3v) is 3.51. The van der Waals surface area contributed by atoms with E-state index in [2.05, 4.69) is 48.5 Å². The van der Waals surface area contributed by atoms with Gasteiger partial charge in [0.15, 0.2) is 0 Å². The van der Waals surface area contributed by atoms with Crippen molar-refractivity contribution >= 4 is 0 Å². The molecular weight excluding hydrogens is 206 g/mol. The first-order valence-electron chi connectivity index (χ1n) is 5.90. The highest BCUT2D eigenvalue weighted by molar-refractivity contribution is 5.77. The van der Waals surface area contributed by atoms with Gasteiger partial charge in [-0.1, -0.05) is 42.5 Å². The molecular formula is C16H13N. The SMILES string of the molecule is C[C@H](C#N)c1ccc2c(c1)Cc1ccccc1-2. The van der Waals surface area contributed by atoms with Gasteiger partial charge in [-0.2, -0.15) is 5.26 Å². The molecule has 0 radical (unpaired) electrons. The summed E-state index contributed by atoms with van der Waals surface area (Å²) in [4.78, 5) is 0. The van der Waals surface area contributed by atoms with Crippen molar-refractivity contribution < 1.29 is 0 Å². The summed E-state index contributed by atoms with van der Waals surface area (Å²) in [6.45, 7) is 1.95. The van der Waals surface area contributed by atoms with E-state index >= 15 is 0 Å². The average molecular weight is 219 g/mol. The van der Waals surface area contributed by atoms with Crippen molar-refractivity contribution in [2.24, 2.45) is 0 Å². The van der Waals surface area contributed by atoms with Gasteiger partial charge in [0, 0.05) is 0 Å². The van der Waals surface area contributed by atoms with Crippen LogP contribution in [0.3, 0.4) is 0 Å². The first-order valence-corrected chi connectivity index (χ1v) is 5.90. The smallest absolute Gasteiger partial charge is 0.0700 e. The zero-order chi connectivity index (χ0) is 11.8. The fourth-order valence-electron chi connectivity index (χ4n) is 2.51. The fraction of sp³-hybridized carbons (Fsp3) is 0.188. The van der Waals surface area contributed by atoms with E-state index < -0.39 is 0 Å². The predicted molar refractivity (Wildman–Crippen MR) is 68.7 cm³/mol. The average Bonchev–Trinajstić information content (AvgIpc) is 2.75. The normalized spacial score (nSPS) is 13.6. The molecule has 0 unspecified atom stereocenters. The second-order valence-electron chi connectivity index (χ2n) is 4.60. The highest BCUT2D eigenvalue weighted by atomic mass is 14.3. The molecule has 0 aliphatic heterocycles. The molecule has 1 atom stereocenters. The minimum absolute atomic E-state index is 0.0241. The number of hydrogen-bond donors (Lipinski definition) is 0. The minimum atomic E-state index is -0.0241. The molecule has 0 amide bonds. The number of hydrogen-bond acceptors (Lipinski definition) is 1. The maximum atomic E-state index is 8.96. The van der Waals surface area contributed by atoms with Gasteiger partial charge in [-0.3, -0.25) is 0 Å². The van der Waals surface area contributed by atoms with E-state index in [0.717, 1.165) is 12.0 Å². The van der Waals surface area contributed by atoms with Crippen molar-refractivity contribution in [1.82, 2.24) is 0 Å². The topological polar surface area (TPSA) is 23.8 Å². The van der Waals surface area contributed by atoms with E-state index in [1.165, 1.54) is 22.3 Å². The van der Waals surface area contributed by atoms with Gasteiger partial charge >= 0.3 is 0 Å². The lowest BCUT2D eigenvalue weighted by molar-refractivity contribution is 0.977. The highest BCUT2D eigenvalue weighted by Gasteiger charge is 2.18. The van der Waals surface area contributed by atoms with Crippen molar-refractivity contribution in [1.29, 1.82) is 5.26 Å². The van der Waals surface area contributed by atoms with E-state index in [0.29, 0.717) is 0 Å². The molecule has 0 saturated carbocycles. The quantitative estimate of drug-likeness (QED) is 0.609. The van der Waals surface area contributed by atoms with Gasteiger partial charge in [0.05, 0.1) is 12.0 Å². The second kappa shape index (κ2) is 3.75. The van der Waals surface area contributed by atoms with Crippen LogP contribution in [0.25, 0.3) is 11.1 Å². The lowest BCUT2D eigenvalue weighted by Gasteiger charge is -2.06. The monoisotopic (exact) mass is 219 g/mol. The van der Waals surface area contributed by atoms with E-state index in [1.54, 1.807) is 0 Å². The van der Waals surface area contributed by atoms with Crippen LogP contribution in [0.4, 0.5) is 0 Å². The van der Waals surface area contributed by atoms with Crippen LogP contribution in [0, 0.1) is 11.3 Å². The lowest BCUT2D eigenvalue weighted by Crippen LogP contribution is -1.91. The third kappa shape index (κ3) is 1.54. The molecule has 0 spiro atoms. The number of nitriles is 1. The molecule has 0 aromatic heterocycles. The Morgan fingerprint density at radius 1 is 1.06 bits per heavy atom. The van der Waals surface area contributed by atoms with Crippen LogP contribution in [0.5, 0.6) is 0 Å². The fourth-order valence-corrected chi connectivity index (χ4v) is 2.51. The molecule has 2 aromatic rings. The molecule has 3 rings (SSSR count). The largest absolute Gasteiger partial charge is 0.198 e. The standard InChI is InChI=1S/C16H13N/c1-11(10-17)12-6-7-16-14(8-12)9-13-4-2-3-5-15(13)16/h2-8,11H,9H2,1H3/t11-/m1/s1. The van der Waals surface area contributed by atoms with Gasteiger partial charge in [-0.05, 0) is 41.2 Å². The Labute approximate surface area is 101 Å². The zero-order valence-corrected chi connectivity index (χ0v) is 9.77. The Kier molecular flexibility index (Phi) is 2.23. The first-order chi connectivity index (χ1) is 8.29. The van der Waals surface area contributed by atoms with Crippen molar-refractivity contribution in [2.75, 3.05) is 0 Å². The van der Waals surface area contributed by atoms with Crippen LogP contribution in [0.1, 0.15) is 29.5 Å². The summed E-state index contributed by atoms with van der Waals surface area (Å²) in [5.41, 5.74) is 6.54. The van der Waals surface area contributed by atoms with Crippen molar-refractivity contribution in [3.8, 4) is 17.2 Å². The molecule has 1 aliphatic rings. The van der Waals surface area contributed by atoms with Gasteiger partial charge < -0.3 is 0 Å². The summed E-state index contributed by atoms with van der Waals surface area (Å²) in [5.74, 6) is -0.0241. The van der Waals surface area contributed by atoms with Gasteiger partial charge in [-0.25, -0.2) is 0 Å². The molecule has 1 heteroatoms. The van der Waals surface area contributed by atoms with E-state index in [1.807, 2.05) is 6.92 Å². The van der Waals surface area contributed by atoms with Crippen LogP contribution >= 0.6 is 0 Å². The molecule has 17 heavy (non-hydrogen) atoms.